The van der Waals surface area contributed by atoms with Crippen LogP contribution in [-0.4, -0.2) is 32.5 Å². The summed E-state index contributed by atoms with van der Waals surface area (Å²) in [4.78, 5) is 11.9. The third-order valence-electron chi connectivity index (χ3n) is 3.79. The van der Waals surface area contributed by atoms with Crippen molar-refractivity contribution in [1.82, 2.24) is 0 Å². The molecule has 1 amide bonds. The second-order valence-electron chi connectivity index (χ2n) is 7.54. The first-order valence-electron chi connectivity index (χ1n) is 8.77. The molecule has 0 saturated heterocycles. The van der Waals surface area contributed by atoms with Crippen molar-refractivity contribution in [3.05, 3.63) is 65.7 Å². The minimum Gasteiger partial charge on any atom is -0.444 e. The lowest BCUT2D eigenvalue weighted by molar-refractivity contribution is -0.236. The molecule has 2 aromatic carbocycles. The molecule has 1 N–H and O–H groups in total. The van der Waals surface area contributed by atoms with Crippen LogP contribution >= 0.6 is 0 Å². The van der Waals surface area contributed by atoms with Gasteiger partial charge in [-0.15, -0.1) is 0 Å². The second-order valence-corrected chi connectivity index (χ2v) is 9.11. The fourth-order valence-electron chi connectivity index (χ4n) is 2.75. The summed E-state index contributed by atoms with van der Waals surface area (Å²) in [6.45, 7) is 4.99. The molecule has 0 fully saturated rings. The number of alkyl halides is 3. The predicted octanol–water partition coefficient (Wildman–Crippen LogP) is 4.82. The van der Waals surface area contributed by atoms with E-state index in [1.54, 1.807) is 20.8 Å². The highest BCUT2D eigenvalue weighted by molar-refractivity contribution is 7.86. The number of benzene rings is 2. The Bertz CT molecular complexity index is 984. The number of carbonyl (C=O) groups excluding carboxylic acids is 1. The number of hydrogen-bond acceptors (Lipinski definition) is 5. The summed E-state index contributed by atoms with van der Waals surface area (Å²) in [6, 6.07) is 10.9. The first-order valence-corrected chi connectivity index (χ1v) is 10.6. The maximum absolute atomic E-state index is 14.3. The molecule has 6 nitrogen and oxygen atoms in total. The summed E-state index contributed by atoms with van der Waals surface area (Å²) < 4.78 is 76.2. The fourth-order valence-corrected chi connectivity index (χ4v) is 3.49. The highest BCUT2D eigenvalue weighted by Crippen LogP contribution is 2.48. The first-order chi connectivity index (χ1) is 13.6. The Kier molecular flexibility index (Phi) is 6.53. The lowest BCUT2D eigenvalue weighted by Crippen LogP contribution is -2.47. The number of amides is 1. The molecule has 0 aliphatic carbocycles. The van der Waals surface area contributed by atoms with Crippen LogP contribution in [-0.2, 0) is 24.6 Å². The lowest BCUT2D eigenvalue weighted by Gasteiger charge is -2.35. The van der Waals surface area contributed by atoms with Crippen molar-refractivity contribution in [2.75, 3.05) is 11.6 Å². The molecule has 30 heavy (non-hydrogen) atoms. The first kappa shape index (κ1) is 23.7. The van der Waals surface area contributed by atoms with Crippen LogP contribution in [0.2, 0.25) is 0 Å². The average molecular weight is 445 g/mol. The van der Waals surface area contributed by atoms with Gasteiger partial charge in [-0.05, 0) is 44.0 Å². The van der Waals surface area contributed by atoms with E-state index in [1.165, 1.54) is 30.3 Å². The normalized spacial score (nSPS) is 14.6. The Hall–Kier alpha value is -2.59. The predicted molar refractivity (Wildman–Crippen MR) is 106 cm³/mol. The number of nitrogens with one attached hydrogen (secondary N) is 1. The quantitative estimate of drug-likeness (QED) is 0.668. The molecule has 0 aliphatic heterocycles. The number of halogens is 3. The topological polar surface area (TPSA) is 81.7 Å². The fraction of sp³-hybridized carbons (Fsp3) is 0.350. The zero-order valence-corrected chi connectivity index (χ0v) is 17.6. The largest absolute Gasteiger partial charge is 0.444 e. The molecule has 0 spiro atoms. The molecule has 0 aliphatic rings. The molecule has 10 heteroatoms. The molecule has 0 radical (unpaired) electrons. The summed E-state index contributed by atoms with van der Waals surface area (Å²) in [7, 11) is -4.52. The van der Waals surface area contributed by atoms with E-state index in [0.29, 0.717) is 6.26 Å². The van der Waals surface area contributed by atoms with Gasteiger partial charge in [0.05, 0.1) is 6.26 Å². The van der Waals surface area contributed by atoms with Gasteiger partial charge in [0.15, 0.2) is 0 Å². The molecule has 0 heterocycles. The third-order valence-corrected chi connectivity index (χ3v) is 4.35. The van der Waals surface area contributed by atoms with Gasteiger partial charge < -0.3 is 4.74 Å². The Balaban J connectivity index is 2.53. The second kappa shape index (κ2) is 8.27. The van der Waals surface area contributed by atoms with Crippen molar-refractivity contribution in [2.24, 2.45) is 0 Å². The van der Waals surface area contributed by atoms with E-state index in [2.05, 4.69) is 9.50 Å². The number of rotatable bonds is 5. The number of anilines is 1. The summed E-state index contributed by atoms with van der Waals surface area (Å²) in [5.41, 5.74) is -4.73. The molecule has 2 rings (SSSR count). The third kappa shape index (κ3) is 5.73. The molecule has 0 bridgehead atoms. The highest BCUT2D eigenvalue weighted by Gasteiger charge is 2.60. The van der Waals surface area contributed by atoms with Gasteiger partial charge in [0.2, 0.25) is 5.60 Å². The molecular formula is C20H22F3NO5S. The van der Waals surface area contributed by atoms with Crippen LogP contribution in [0.25, 0.3) is 0 Å². The molecule has 0 aromatic heterocycles. The van der Waals surface area contributed by atoms with Crippen LogP contribution in [0.5, 0.6) is 0 Å². The smallest absolute Gasteiger partial charge is 0.427 e. The van der Waals surface area contributed by atoms with Gasteiger partial charge in [-0.25, -0.2) is 8.98 Å². The van der Waals surface area contributed by atoms with Gasteiger partial charge >= 0.3 is 12.3 Å². The van der Waals surface area contributed by atoms with Crippen LogP contribution in [0.4, 0.5) is 23.7 Å². The SMILES string of the molecule is CC(C)(C)OC(=O)Nc1ccc(C(OS(C)(=O)=O)(c2ccccc2)C(F)(F)F)cc1. The van der Waals surface area contributed by atoms with E-state index < -0.39 is 44.7 Å². The van der Waals surface area contributed by atoms with Gasteiger partial charge in [-0.2, -0.15) is 21.6 Å². The van der Waals surface area contributed by atoms with E-state index in [0.717, 1.165) is 24.3 Å². The summed E-state index contributed by atoms with van der Waals surface area (Å²) in [5.74, 6) is 0. The van der Waals surface area contributed by atoms with Crippen molar-refractivity contribution in [3.8, 4) is 0 Å². The monoisotopic (exact) mass is 445 g/mol. The minimum atomic E-state index is -5.11. The van der Waals surface area contributed by atoms with Crippen molar-refractivity contribution in [1.29, 1.82) is 0 Å². The lowest BCUT2D eigenvalue weighted by atomic mass is 9.85. The van der Waals surface area contributed by atoms with E-state index >= 15 is 0 Å². The van der Waals surface area contributed by atoms with E-state index in [1.807, 2.05) is 0 Å². The molecule has 2 aromatic rings. The van der Waals surface area contributed by atoms with Crippen LogP contribution in [0.3, 0.4) is 0 Å². The standard InChI is InChI=1S/C20H22F3NO5S/c1-18(2,3)28-17(25)24-16-12-10-15(11-13-16)19(20(21,22)23,29-30(4,26)27)14-8-6-5-7-9-14/h5-13H,1-4H3,(H,24,25). The number of carbonyl (C=O) groups is 1. The Morgan fingerprint density at radius 1 is 0.900 bits per heavy atom. The van der Waals surface area contributed by atoms with Crippen molar-refractivity contribution in [2.45, 2.75) is 38.1 Å². The molecule has 1 atom stereocenters. The molecule has 0 saturated carbocycles. The average Bonchev–Trinajstić information content (AvgIpc) is 2.57. The van der Waals surface area contributed by atoms with E-state index in [-0.39, 0.29) is 5.69 Å². The van der Waals surface area contributed by atoms with Crippen molar-refractivity contribution >= 4 is 21.9 Å². The highest BCUT2D eigenvalue weighted by atomic mass is 32.2. The van der Waals surface area contributed by atoms with Crippen LogP contribution < -0.4 is 5.32 Å². The zero-order chi connectivity index (χ0) is 22.8. The van der Waals surface area contributed by atoms with Crippen LogP contribution in [0.1, 0.15) is 31.9 Å². The summed E-state index contributed by atoms with van der Waals surface area (Å²) in [6.07, 6.45) is -5.35. The summed E-state index contributed by atoms with van der Waals surface area (Å²) >= 11 is 0. The van der Waals surface area contributed by atoms with E-state index in [9.17, 15) is 26.4 Å². The van der Waals surface area contributed by atoms with Crippen LogP contribution in [0.15, 0.2) is 54.6 Å². The van der Waals surface area contributed by atoms with Gasteiger partial charge in [-0.3, -0.25) is 5.32 Å². The van der Waals surface area contributed by atoms with Crippen molar-refractivity contribution in [3.63, 3.8) is 0 Å². The number of hydrogen-bond donors (Lipinski definition) is 1. The van der Waals surface area contributed by atoms with Gasteiger partial charge in [0.25, 0.3) is 10.1 Å². The maximum atomic E-state index is 14.3. The van der Waals surface area contributed by atoms with Gasteiger partial charge in [-0.1, -0.05) is 42.5 Å². The summed E-state index contributed by atoms with van der Waals surface area (Å²) in [5, 5.41) is 2.40. The van der Waals surface area contributed by atoms with Gasteiger partial charge in [0.1, 0.15) is 5.60 Å². The number of ether oxygens (including phenoxy) is 1. The van der Waals surface area contributed by atoms with Crippen LogP contribution in [0, 0.1) is 0 Å². The minimum absolute atomic E-state index is 0.163. The van der Waals surface area contributed by atoms with Crippen molar-refractivity contribution < 1.29 is 35.3 Å². The Labute approximate surface area is 173 Å². The van der Waals surface area contributed by atoms with Gasteiger partial charge in [0, 0.05) is 5.69 Å². The Morgan fingerprint density at radius 2 is 1.40 bits per heavy atom. The molecular weight excluding hydrogens is 423 g/mol. The zero-order valence-electron chi connectivity index (χ0n) is 16.8. The maximum Gasteiger partial charge on any atom is 0.427 e. The Morgan fingerprint density at radius 3 is 1.83 bits per heavy atom. The molecule has 164 valence electrons. The van der Waals surface area contributed by atoms with E-state index in [4.69, 9.17) is 4.74 Å². The molecule has 1 unspecified atom stereocenters.